The lowest BCUT2D eigenvalue weighted by molar-refractivity contribution is 0.0695. The maximum atomic E-state index is 12.9. The Bertz CT molecular complexity index is 1870. The molecular formula is C27H28N6O10S2. The molecule has 0 unspecified atom stereocenters. The number of hydrogen-bond acceptors (Lipinski definition) is 10. The van der Waals surface area contributed by atoms with E-state index in [1.165, 1.54) is 24.3 Å². The van der Waals surface area contributed by atoms with Gasteiger partial charge in [0.2, 0.25) is 0 Å². The molecule has 0 saturated carbocycles. The number of azide groups is 1. The maximum absolute atomic E-state index is 12.9. The molecule has 0 saturated heterocycles. The molecule has 18 heteroatoms. The van der Waals surface area contributed by atoms with E-state index in [1.54, 1.807) is 0 Å². The quantitative estimate of drug-likeness (QED) is 0.0315. The molecule has 16 nitrogen and oxygen atoms in total. The second-order valence-electron chi connectivity index (χ2n) is 10.0. The van der Waals surface area contributed by atoms with Gasteiger partial charge in [-0.25, -0.2) is 4.79 Å². The molecule has 0 fully saturated rings. The molecule has 3 aromatic carbocycles. The number of aromatic carboxylic acids is 1. The third kappa shape index (κ3) is 6.95. The van der Waals surface area contributed by atoms with E-state index in [1.807, 2.05) is 0 Å². The van der Waals surface area contributed by atoms with E-state index in [4.69, 9.17) is 21.7 Å². The summed E-state index contributed by atoms with van der Waals surface area (Å²) < 4.78 is 75.1. The minimum Gasteiger partial charge on any atom is -0.478 e. The van der Waals surface area contributed by atoms with Gasteiger partial charge in [-0.1, -0.05) is 36.2 Å². The molecule has 1 aliphatic rings. The van der Waals surface area contributed by atoms with Crippen LogP contribution >= 0.6 is 0 Å². The van der Waals surface area contributed by atoms with Gasteiger partial charge < -0.3 is 26.6 Å². The molecule has 238 valence electrons. The predicted molar refractivity (Wildman–Crippen MR) is 161 cm³/mol. The summed E-state index contributed by atoms with van der Waals surface area (Å²) in [6.07, 6.45) is 2.88. The molecular weight excluding hydrogens is 632 g/mol. The Kier molecular flexibility index (Phi) is 9.55. The van der Waals surface area contributed by atoms with Gasteiger partial charge in [-0.2, -0.15) is 16.8 Å². The minimum atomic E-state index is -5.09. The number of nitrogens with zero attached hydrogens (tertiary/aromatic N) is 3. The van der Waals surface area contributed by atoms with E-state index in [0.29, 0.717) is 25.9 Å². The molecule has 45 heavy (non-hydrogen) atoms. The van der Waals surface area contributed by atoms with E-state index in [-0.39, 0.29) is 27.8 Å². The van der Waals surface area contributed by atoms with Crippen molar-refractivity contribution in [1.29, 1.82) is 0 Å². The summed E-state index contributed by atoms with van der Waals surface area (Å²) in [5.41, 5.74) is 18.6. The number of carboxylic acids is 1. The molecule has 1 aliphatic heterocycles. The zero-order valence-corrected chi connectivity index (χ0v) is 25.0. The Balaban J connectivity index is 1.81. The monoisotopic (exact) mass is 660 g/mol. The maximum Gasteiger partial charge on any atom is 0.336 e. The smallest absolute Gasteiger partial charge is 0.336 e. The van der Waals surface area contributed by atoms with Crippen LogP contribution in [0.25, 0.3) is 10.4 Å². The van der Waals surface area contributed by atoms with Crippen LogP contribution in [0.3, 0.4) is 0 Å². The molecule has 4 rings (SSSR count). The van der Waals surface area contributed by atoms with Crippen molar-refractivity contribution in [3.05, 3.63) is 80.7 Å². The number of hydrogen-bond donors (Lipinski definition) is 6. The number of carbonyl (C=O) groups is 2. The Morgan fingerprint density at radius 1 is 0.867 bits per heavy atom. The summed E-state index contributed by atoms with van der Waals surface area (Å²) in [6.45, 7) is 0.676. The summed E-state index contributed by atoms with van der Waals surface area (Å²) in [7, 11) is -10.2. The van der Waals surface area contributed by atoms with Crippen molar-refractivity contribution in [2.75, 3.05) is 24.6 Å². The number of rotatable bonds is 12. The largest absolute Gasteiger partial charge is 0.478 e. The van der Waals surface area contributed by atoms with E-state index in [0.717, 1.165) is 31.0 Å². The first-order chi connectivity index (χ1) is 21.2. The lowest BCUT2D eigenvalue weighted by Gasteiger charge is -2.32. The third-order valence-corrected chi connectivity index (χ3v) is 8.95. The number of carboxylic acid groups (broad SMARTS) is 1. The van der Waals surface area contributed by atoms with Crippen LogP contribution in [0.15, 0.2) is 57.4 Å². The topological polar surface area (TPSA) is 285 Å². The molecule has 0 spiro atoms. The number of anilines is 2. The standard InChI is InChI=1S/C27H28N6O10S2/c28-19-9-7-16-21(17-8-10-20(29)25(45(40,41)42)23(17)43-22(16)24(19)44(37,38)39)15-6-5-14(13-18(15)27(35)36)26(34)31-11-3-1-2-4-12-32-33-30/h5-10,13,21H,1-4,11-12,28-29H2,(H,31,34)(H,35,36)(H,37,38,39)(H,40,41,42). The third-order valence-electron chi connectivity index (χ3n) is 7.08. The zero-order chi connectivity index (χ0) is 33.1. The number of benzene rings is 3. The molecule has 3 aromatic rings. The number of ether oxygens (including phenoxy) is 1. The molecule has 1 amide bonds. The van der Waals surface area contributed by atoms with Crippen molar-refractivity contribution in [3.8, 4) is 11.5 Å². The molecule has 0 aromatic heterocycles. The van der Waals surface area contributed by atoms with E-state index >= 15 is 0 Å². The lowest BCUT2D eigenvalue weighted by Crippen LogP contribution is -2.25. The van der Waals surface area contributed by atoms with Gasteiger partial charge in [0.25, 0.3) is 26.1 Å². The van der Waals surface area contributed by atoms with Crippen LogP contribution in [-0.4, -0.2) is 56.0 Å². The summed E-state index contributed by atoms with van der Waals surface area (Å²) in [5, 5.41) is 16.3. The first kappa shape index (κ1) is 33.0. The van der Waals surface area contributed by atoms with Crippen molar-refractivity contribution in [2.24, 2.45) is 5.11 Å². The number of carbonyl (C=O) groups excluding carboxylic acids is 1. The average Bonchev–Trinajstić information content (AvgIpc) is 2.95. The van der Waals surface area contributed by atoms with Crippen molar-refractivity contribution < 1.29 is 45.4 Å². The second kappa shape index (κ2) is 13.0. The van der Waals surface area contributed by atoms with Gasteiger partial charge in [0, 0.05) is 40.6 Å². The first-order valence-corrected chi connectivity index (χ1v) is 16.2. The van der Waals surface area contributed by atoms with Gasteiger partial charge >= 0.3 is 5.97 Å². The number of amides is 1. The fourth-order valence-corrected chi connectivity index (χ4v) is 6.65. The lowest BCUT2D eigenvalue weighted by atomic mass is 9.80. The van der Waals surface area contributed by atoms with Crippen LogP contribution < -0.4 is 21.5 Å². The molecule has 0 radical (unpaired) electrons. The van der Waals surface area contributed by atoms with Gasteiger partial charge in [0.05, 0.1) is 16.9 Å². The number of nitrogen functional groups attached to an aromatic ring is 2. The van der Waals surface area contributed by atoms with Crippen LogP contribution in [0.2, 0.25) is 0 Å². The van der Waals surface area contributed by atoms with Gasteiger partial charge in [0.1, 0.15) is 0 Å². The van der Waals surface area contributed by atoms with E-state index < -0.39 is 70.7 Å². The highest BCUT2D eigenvalue weighted by atomic mass is 32.2. The molecule has 1 heterocycles. The zero-order valence-electron chi connectivity index (χ0n) is 23.4. The van der Waals surface area contributed by atoms with Gasteiger partial charge in [-0.05, 0) is 48.2 Å². The summed E-state index contributed by atoms with van der Waals surface area (Å²) >= 11 is 0. The first-order valence-electron chi connectivity index (χ1n) is 13.3. The number of nitrogens with two attached hydrogens (primary N) is 2. The van der Waals surface area contributed by atoms with Crippen molar-refractivity contribution in [1.82, 2.24) is 5.32 Å². The van der Waals surface area contributed by atoms with Crippen molar-refractivity contribution in [3.63, 3.8) is 0 Å². The van der Waals surface area contributed by atoms with Crippen LogP contribution in [0, 0.1) is 0 Å². The van der Waals surface area contributed by atoms with Crippen molar-refractivity contribution >= 4 is 43.5 Å². The Morgan fingerprint density at radius 2 is 1.40 bits per heavy atom. The number of unbranched alkanes of at least 4 members (excludes halogenated alkanes) is 3. The van der Waals surface area contributed by atoms with Crippen LogP contribution in [0.4, 0.5) is 11.4 Å². The number of fused-ring (bicyclic) bond motifs is 2. The molecule has 0 atom stereocenters. The van der Waals surface area contributed by atoms with Crippen LogP contribution in [0.1, 0.15) is 69.0 Å². The van der Waals surface area contributed by atoms with E-state index in [2.05, 4.69) is 15.3 Å². The second-order valence-corrected chi connectivity index (χ2v) is 12.7. The van der Waals surface area contributed by atoms with E-state index in [9.17, 15) is 40.6 Å². The minimum absolute atomic E-state index is 0.00104. The normalized spacial score (nSPS) is 12.8. The molecule has 8 N–H and O–H groups in total. The SMILES string of the molecule is [N-]=[N+]=NCCCCCCNC(=O)c1ccc(C2c3ccc(N)c(S(=O)(=O)O)c3Oc3c2ccc(N)c3S(=O)(=O)O)c(C(=O)O)c1. The summed E-state index contributed by atoms with van der Waals surface area (Å²) in [6, 6.07) is 8.68. The highest BCUT2D eigenvalue weighted by Gasteiger charge is 2.39. The Labute approximate surface area is 257 Å². The Hall–Kier alpha value is -4.87. The van der Waals surface area contributed by atoms with Crippen LogP contribution in [0.5, 0.6) is 11.5 Å². The van der Waals surface area contributed by atoms with Gasteiger partial charge in [0.15, 0.2) is 21.3 Å². The molecule has 0 aliphatic carbocycles. The number of nitrogens with one attached hydrogen (secondary N) is 1. The highest BCUT2D eigenvalue weighted by molar-refractivity contribution is 7.86. The summed E-state index contributed by atoms with van der Waals surface area (Å²) in [5.74, 6) is -4.51. The highest BCUT2D eigenvalue weighted by Crippen LogP contribution is 2.54. The summed E-state index contributed by atoms with van der Waals surface area (Å²) in [4.78, 5) is 26.2. The van der Waals surface area contributed by atoms with Crippen LogP contribution in [-0.2, 0) is 20.2 Å². The molecule has 0 bridgehead atoms. The average molecular weight is 661 g/mol. The predicted octanol–water partition coefficient (Wildman–Crippen LogP) is 3.93. The van der Waals surface area contributed by atoms with Gasteiger partial charge in [-0.15, -0.1) is 0 Å². The Morgan fingerprint density at radius 3 is 1.91 bits per heavy atom. The fraction of sp³-hybridized carbons (Fsp3) is 0.259. The van der Waals surface area contributed by atoms with Gasteiger partial charge in [-0.3, -0.25) is 13.9 Å². The van der Waals surface area contributed by atoms with Crippen molar-refractivity contribution in [2.45, 2.75) is 41.4 Å². The fourth-order valence-electron chi connectivity index (χ4n) is 5.13.